The lowest BCUT2D eigenvalue weighted by molar-refractivity contribution is -0.183. The highest BCUT2D eigenvalue weighted by atomic mass is 16.7. The van der Waals surface area contributed by atoms with Crippen molar-refractivity contribution in [3.05, 3.63) is 12.2 Å². The summed E-state index contributed by atoms with van der Waals surface area (Å²) in [6, 6.07) is 0. The normalized spacial score (nSPS) is 43.0. The van der Waals surface area contributed by atoms with Crippen molar-refractivity contribution >= 4 is 0 Å². The van der Waals surface area contributed by atoms with Crippen LogP contribution in [0.5, 0.6) is 0 Å². The Balaban J connectivity index is 1.45. The van der Waals surface area contributed by atoms with Gasteiger partial charge in [0.1, 0.15) is 0 Å². The van der Waals surface area contributed by atoms with Crippen LogP contribution in [0.25, 0.3) is 0 Å². The van der Waals surface area contributed by atoms with Crippen molar-refractivity contribution in [2.45, 2.75) is 57.5 Å². The zero-order valence-corrected chi connectivity index (χ0v) is 12.9. The third-order valence-electron chi connectivity index (χ3n) is 5.33. The van der Waals surface area contributed by atoms with Crippen LogP contribution in [0.15, 0.2) is 12.2 Å². The number of aliphatic hydroxyl groups is 1. The van der Waals surface area contributed by atoms with Gasteiger partial charge in [-0.3, -0.25) is 0 Å². The highest BCUT2D eigenvalue weighted by molar-refractivity contribution is 4.99. The van der Waals surface area contributed by atoms with Crippen molar-refractivity contribution in [1.82, 2.24) is 0 Å². The summed E-state index contributed by atoms with van der Waals surface area (Å²) in [5.74, 6) is 1.33. The van der Waals surface area contributed by atoms with Crippen molar-refractivity contribution in [2.24, 2.45) is 17.8 Å². The van der Waals surface area contributed by atoms with Crippen molar-refractivity contribution in [1.29, 1.82) is 0 Å². The molecule has 2 bridgehead atoms. The van der Waals surface area contributed by atoms with Gasteiger partial charge < -0.3 is 19.3 Å². The average Bonchev–Trinajstić information content (AvgIpc) is 3.13. The summed E-state index contributed by atoms with van der Waals surface area (Å²) >= 11 is 0. The number of allylic oxidation sites excluding steroid dienone is 1. The maximum Gasteiger partial charge on any atom is 0.157 e. The Morgan fingerprint density at radius 1 is 1.19 bits per heavy atom. The molecule has 3 saturated heterocycles. The Morgan fingerprint density at radius 3 is 2.76 bits per heavy atom. The summed E-state index contributed by atoms with van der Waals surface area (Å²) in [4.78, 5) is 0. The number of hydrogen-bond acceptors (Lipinski definition) is 4. The Bertz CT molecular complexity index is 349. The number of ether oxygens (including phenoxy) is 3. The molecule has 0 aromatic heterocycles. The minimum atomic E-state index is -0.0430. The van der Waals surface area contributed by atoms with Crippen LogP contribution in [-0.2, 0) is 14.2 Å². The highest BCUT2D eigenvalue weighted by Gasteiger charge is 2.51. The smallest absolute Gasteiger partial charge is 0.157 e. The Labute approximate surface area is 127 Å². The second kappa shape index (κ2) is 7.23. The van der Waals surface area contributed by atoms with Crippen LogP contribution in [0.2, 0.25) is 0 Å². The largest absolute Gasteiger partial charge is 0.396 e. The van der Waals surface area contributed by atoms with Gasteiger partial charge in [-0.1, -0.05) is 12.2 Å². The van der Waals surface area contributed by atoms with Crippen LogP contribution < -0.4 is 0 Å². The maximum atomic E-state index is 9.66. The van der Waals surface area contributed by atoms with Crippen LogP contribution in [0.3, 0.4) is 0 Å². The maximum absolute atomic E-state index is 9.66. The highest BCUT2D eigenvalue weighted by Crippen LogP contribution is 2.48. The molecule has 3 heterocycles. The Kier molecular flexibility index (Phi) is 5.33. The third kappa shape index (κ3) is 3.34. The molecule has 0 aliphatic carbocycles. The van der Waals surface area contributed by atoms with Crippen LogP contribution in [0.1, 0.15) is 39.0 Å². The molecule has 4 nitrogen and oxygen atoms in total. The minimum absolute atomic E-state index is 0.0430. The summed E-state index contributed by atoms with van der Waals surface area (Å²) in [5, 5.41) is 9.66. The lowest BCUT2D eigenvalue weighted by Crippen LogP contribution is -2.40. The minimum Gasteiger partial charge on any atom is -0.396 e. The molecule has 6 atom stereocenters. The predicted octanol–water partition coefficient (Wildman–Crippen LogP) is 2.51. The summed E-state index contributed by atoms with van der Waals surface area (Å²) in [6.07, 6.45) is 10.1. The standard InChI is InChI=1S/C17H28O4/c1-2-3-4-9-19-16-8-5-12(11-20-16)17-13(10-18)14-6-7-15(17)21-14/h2-3,12-18H,4-11H2,1H3/t12?,13-,14+,15-,16-,17?/m1/s1. The fourth-order valence-corrected chi connectivity index (χ4v) is 4.32. The quantitative estimate of drug-likeness (QED) is 0.604. The van der Waals surface area contributed by atoms with Crippen LogP contribution >= 0.6 is 0 Å². The van der Waals surface area contributed by atoms with E-state index < -0.39 is 0 Å². The molecule has 4 heteroatoms. The number of aliphatic hydroxyl groups excluding tert-OH is 1. The van der Waals surface area contributed by atoms with Gasteiger partial charge in [0.2, 0.25) is 0 Å². The van der Waals surface area contributed by atoms with Crippen LogP contribution in [-0.4, -0.2) is 43.4 Å². The first-order valence-corrected chi connectivity index (χ1v) is 8.44. The number of rotatable bonds is 6. The third-order valence-corrected chi connectivity index (χ3v) is 5.33. The first kappa shape index (κ1) is 15.5. The van der Waals surface area contributed by atoms with E-state index in [-0.39, 0.29) is 12.9 Å². The summed E-state index contributed by atoms with van der Waals surface area (Å²) in [5.41, 5.74) is 0. The van der Waals surface area contributed by atoms with Gasteiger partial charge >= 0.3 is 0 Å². The van der Waals surface area contributed by atoms with E-state index in [2.05, 4.69) is 6.08 Å². The zero-order valence-electron chi connectivity index (χ0n) is 12.9. The van der Waals surface area contributed by atoms with Crippen molar-refractivity contribution in [3.8, 4) is 0 Å². The molecule has 0 radical (unpaired) electrons. The zero-order chi connectivity index (χ0) is 14.7. The summed E-state index contributed by atoms with van der Waals surface area (Å²) in [7, 11) is 0. The van der Waals surface area contributed by atoms with E-state index in [9.17, 15) is 5.11 Å². The first-order chi connectivity index (χ1) is 10.3. The fourth-order valence-electron chi connectivity index (χ4n) is 4.32. The molecule has 2 unspecified atom stereocenters. The molecule has 120 valence electrons. The molecule has 21 heavy (non-hydrogen) atoms. The predicted molar refractivity (Wildman–Crippen MR) is 79.8 cm³/mol. The van der Waals surface area contributed by atoms with Gasteiger partial charge in [-0.2, -0.15) is 0 Å². The molecule has 0 aromatic carbocycles. The van der Waals surface area contributed by atoms with E-state index in [0.717, 1.165) is 45.3 Å². The fraction of sp³-hybridized carbons (Fsp3) is 0.882. The molecular formula is C17H28O4. The summed E-state index contributed by atoms with van der Waals surface area (Å²) < 4.78 is 17.7. The average molecular weight is 296 g/mol. The monoisotopic (exact) mass is 296 g/mol. The van der Waals surface area contributed by atoms with Gasteiger partial charge in [0.05, 0.1) is 25.4 Å². The topological polar surface area (TPSA) is 47.9 Å². The van der Waals surface area contributed by atoms with Gasteiger partial charge in [0.15, 0.2) is 6.29 Å². The lowest BCUT2D eigenvalue weighted by Gasteiger charge is -2.37. The molecule has 0 aromatic rings. The Hall–Kier alpha value is -0.420. The van der Waals surface area contributed by atoms with Crippen molar-refractivity contribution < 1.29 is 19.3 Å². The van der Waals surface area contributed by atoms with Crippen LogP contribution in [0.4, 0.5) is 0 Å². The molecule has 1 N–H and O–H groups in total. The van der Waals surface area contributed by atoms with E-state index in [1.165, 1.54) is 0 Å². The van der Waals surface area contributed by atoms with Gasteiger partial charge in [-0.15, -0.1) is 0 Å². The van der Waals surface area contributed by atoms with E-state index in [1.807, 2.05) is 13.0 Å². The first-order valence-electron chi connectivity index (χ1n) is 8.44. The van der Waals surface area contributed by atoms with E-state index in [1.54, 1.807) is 0 Å². The number of hydrogen-bond donors (Lipinski definition) is 1. The molecule has 0 amide bonds. The second-order valence-electron chi connectivity index (χ2n) is 6.54. The molecule has 0 spiro atoms. The molecule has 3 fully saturated rings. The van der Waals surface area contributed by atoms with Gasteiger partial charge in [-0.05, 0) is 50.9 Å². The summed E-state index contributed by atoms with van der Waals surface area (Å²) in [6.45, 7) is 3.76. The number of fused-ring (bicyclic) bond motifs is 2. The van der Waals surface area contributed by atoms with Gasteiger partial charge in [0, 0.05) is 12.5 Å². The lowest BCUT2D eigenvalue weighted by atomic mass is 9.71. The van der Waals surface area contributed by atoms with E-state index in [0.29, 0.717) is 30.0 Å². The second-order valence-corrected chi connectivity index (χ2v) is 6.54. The van der Waals surface area contributed by atoms with E-state index >= 15 is 0 Å². The van der Waals surface area contributed by atoms with Crippen molar-refractivity contribution in [2.75, 3.05) is 19.8 Å². The molecule has 3 aliphatic heterocycles. The van der Waals surface area contributed by atoms with Crippen molar-refractivity contribution in [3.63, 3.8) is 0 Å². The SMILES string of the molecule is CC=CCCO[C@H]1CCC(C2[C@H]3CC[C@H](O3)[C@H]2CO)CO1. The molecule has 3 rings (SSSR count). The molecule has 3 aliphatic rings. The molecule has 0 saturated carbocycles. The molecular weight excluding hydrogens is 268 g/mol. The van der Waals surface area contributed by atoms with E-state index in [4.69, 9.17) is 14.2 Å². The van der Waals surface area contributed by atoms with Crippen LogP contribution in [0, 0.1) is 17.8 Å². The Morgan fingerprint density at radius 2 is 2.05 bits per heavy atom. The van der Waals surface area contributed by atoms with Gasteiger partial charge in [-0.25, -0.2) is 0 Å². The van der Waals surface area contributed by atoms with Gasteiger partial charge in [0.25, 0.3) is 0 Å².